The van der Waals surface area contributed by atoms with Gasteiger partial charge in [-0.25, -0.2) is 9.78 Å². The molecule has 1 aliphatic heterocycles. The van der Waals surface area contributed by atoms with Gasteiger partial charge in [0.1, 0.15) is 0 Å². The van der Waals surface area contributed by atoms with Gasteiger partial charge in [-0.2, -0.15) is 18.3 Å². The van der Waals surface area contributed by atoms with Crippen molar-refractivity contribution in [3.63, 3.8) is 0 Å². The largest absolute Gasteiger partial charge is 0.435 e. The smallest absolute Gasteiger partial charge is 0.352 e. The third kappa shape index (κ3) is 6.78. The molecule has 3 aliphatic rings. The molecule has 5 N–H and O–H groups in total. The van der Waals surface area contributed by atoms with E-state index in [0.717, 1.165) is 25.7 Å². The van der Waals surface area contributed by atoms with Crippen LogP contribution in [0.15, 0.2) is 30.6 Å². The molecule has 45 heavy (non-hydrogen) atoms. The second kappa shape index (κ2) is 12.0. The topological polar surface area (TPSA) is 152 Å². The number of hydrogen-bond donors (Lipinski definition) is 4. The van der Waals surface area contributed by atoms with Gasteiger partial charge in [0.25, 0.3) is 11.8 Å². The van der Waals surface area contributed by atoms with Gasteiger partial charge in [0.05, 0.1) is 28.0 Å². The van der Waals surface area contributed by atoms with Crippen LogP contribution >= 0.6 is 11.6 Å². The lowest BCUT2D eigenvalue weighted by molar-refractivity contribution is -0.141. The normalized spacial score (nSPS) is 19.9. The Balaban J connectivity index is 1.04. The van der Waals surface area contributed by atoms with E-state index < -0.39 is 23.7 Å². The number of urea groups is 1. The molecule has 0 spiro atoms. The van der Waals surface area contributed by atoms with Crippen LogP contribution in [0.2, 0.25) is 5.02 Å². The summed E-state index contributed by atoms with van der Waals surface area (Å²) in [5.41, 5.74) is 5.13. The van der Waals surface area contributed by atoms with Crippen molar-refractivity contribution in [2.24, 2.45) is 24.6 Å². The van der Waals surface area contributed by atoms with Crippen LogP contribution in [-0.4, -0.2) is 73.8 Å². The summed E-state index contributed by atoms with van der Waals surface area (Å²) in [6, 6.07) is 4.52. The average Bonchev–Trinajstić information content (AvgIpc) is 3.50. The summed E-state index contributed by atoms with van der Waals surface area (Å²) >= 11 is 6.36. The third-order valence-electron chi connectivity index (χ3n) is 8.41. The highest BCUT2D eigenvalue weighted by molar-refractivity contribution is 6.34. The minimum absolute atomic E-state index is 0.0945. The van der Waals surface area contributed by atoms with E-state index >= 15 is 0 Å². The van der Waals surface area contributed by atoms with E-state index in [0.29, 0.717) is 32.1 Å². The number of carbonyl (C=O) groups excluding carboxylic acids is 3. The quantitative estimate of drug-likeness (QED) is 0.279. The van der Waals surface area contributed by atoms with E-state index in [1.165, 1.54) is 46.9 Å². The monoisotopic (exact) mass is 647 g/mol. The molecule has 6 rings (SSSR count). The van der Waals surface area contributed by atoms with Gasteiger partial charge < -0.3 is 31.2 Å². The highest BCUT2D eigenvalue weighted by Crippen LogP contribution is 2.38. The average molecular weight is 648 g/mol. The Labute approximate surface area is 261 Å². The van der Waals surface area contributed by atoms with E-state index in [1.54, 1.807) is 4.90 Å². The fraction of sp³-hybridized carbons (Fsp3) is 0.483. The van der Waals surface area contributed by atoms with Crippen molar-refractivity contribution in [1.29, 1.82) is 0 Å². The van der Waals surface area contributed by atoms with Crippen LogP contribution in [0.1, 0.15) is 52.4 Å². The summed E-state index contributed by atoms with van der Waals surface area (Å²) in [7, 11) is 1.45. The molecule has 2 saturated carbocycles. The molecule has 240 valence electrons. The first-order valence-corrected chi connectivity index (χ1v) is 15.1. The molecule has 1 saturated heterocycles. The second-order valence-electron chi connectivity index (χ2n) is 12.1. The van der Waals surface area contributed by atoms with E-state index in [-0.39, 0.29) is 57.4 Å². The highest BCUT2D eigenvalue weighted by atomic mass is 35.5. The van der Waals surface area contributed by atoms with Gasteiger partial charge in [0.15, 0.2) is 11.5 Å². The number of aromatic nitrogens is 4. The summed E-state index contributed by atoms with van der Waals surface area (Å²) in [5.74, 6) is -0.759. The molecule has 2 aliphatic carbocycles. The molecule has 3 fully saturated rings. The summed E-state index contributed by atoms with van der Waals surface area (Å²) in [6.45, 7) is 1.82. The molecular formula is C29H33ClF3N9O3. The Hall–Kier alpha value is -4.11. The summed E-state index contributed by atoms with van der Waals surface area (Å²) < 4.78 is 43.9. The molecule has 2 aromatic heterocycles. The molecule has 3 heterocycles. The summed E-state index contributed by atoms with van der Waals surface area (Å²) in [5, 5.41) is 12.3. The van der Waals surface area contributed by atoms with E-state index in [9.17, 15) is 27.6 Å². The van der Waals surface area contributed by atoms with Crippen LogP contribution < -0.4 is 21.7 Å². The zero-order chi connectivity index (χ0) is 32.0. The lowest BCUT2D eigenvalue weighted by Gasteiger charge is -2.41. The molecule has 0 radical (unpaired) electrons. The zero-order valence-corrected chi connectivity index (χ0v) is 25.2. The first-order valence-electron chi connectivity index (χ1n) is 14.7. The van der Waals surface area contributed by atoms with Gasteiger partial charge in [-0.3, -0.25) is 14.3 Å². The van der Waals surface area contributed by atoms with Gasteiger partial charge in [-0.15, -0.1) is 0 Å². The molecular weight excluding hydrogens is 615 g/mol. The van der Waals surface area contributed by atoms with Crippen LogP contribution in [0.25, 0.3) is 11.3 Å². The number of benzene rings is 1. The number of nitrogens with zero attached hydrogens (tertiary/aromatic N) is 5. The van der Waals surface area contributed by atoms with Crippen molar-refractivity contribution in [2.45, 2.75) is 50.5 Å². The van der Waals surface area contributed by atoms with Gasteiger partial charge in [0.2, 0.25) is 0 Å². The molecule has 16 heteroatoms. The van der Waals surface area contributed by atoms with Gasteiger partial charge in [-0.05, 0) is 49.8 Å². The maximum Gasteiger partial charge on any atom is 0.435 e. The number of halogens is 4. The first-order chi connectivity index (χ1) is 21.4. The molecule has 0 bridgehead atoms. The molecule has 3 aromatic rings. The Morgan fingerprint density at radius 3 is 2.49 bits per heavy atom. The fourth-order valence-corrected chi connectivity index (χ4v) is 5.82. The Morgan fingerprint density at radius 1 is 1.11 bits per heavy atom. The Bertz CT molecular complexity index is 1620. The van der Waals surface area contributed by atoms with E-state index in [1.807, 2.05) is 0 Å². The number of nitrogens with one attached hydrogen (secondary N) is 3. The number of alkyl halides is 3. The van der Waals surface area contributed by atoms with Crippen molar-refractivity contribution in [2.75, 3.05) is 25.0 Å². The maximum atomic E-state index is 13.8. The van der Waals surface area contributed by atoms with Gasteiger partial charge in [-0.1, -0.05) is 11.6 Å². The summed E-state index contributed by atoms with van der Waals surface area (Å²) in [6.07, 6.45) is 1.35. The van der Waals surface area contributed by atoms with E-state index in [2.05, 4.69) is 26.0 Å². The lowest BCUT2D eigenvalue weighted by Crippen LogP contribution is -2.60. The third-order valence-corrected chi connectivity index (χ3v) is 8.72. The molecule has 1 aromatic carbocycles. The number of anilines is 1. The molecule has 0 atom stereocenters. The SMILES string of the molecule is Cn1c(-c2cn(CC3CC3)nc2C(F)(F)F)cnc1C(=O)Nc1ccc(C(=O)NCC2CN(C(=O)NC3CC(N)C3)C2)c(Cl)c1. The van der Waals surface area contributed by atoms with E-state index in [4.69, 9.17) is 17.3 Å². The summed E-state index contributed by atoms with van der Waals surface area (Å²) in [4.78, 5) is 43.8. The Kier molecular flexibility index (Phi) is 8.24. The van der Waals surface area contributed by atoms with Crippen molar-refractivity contribution in [1.82, 2.24) is 34.9 Å². The van der Waals surface area contributed by atoms with Crippen molar-refractivity contribution in [3.05, 3.63) is 52.7 Å². The van der Waals surface area contributed by atoms with Crippen LogP contribution in [0.5, 0.6) is 0 Å². The number of hydrogen-bond acceptors (Lipinski definition) is 6. The fourth-order valence-electron chi connectivity index (χ4n) is 5.55. The number of nitrogens with two attached hydrogens (primary N) is 1. The number of likely N-dealkylation sites (tertiary alicyclic amines) is 1. The number of imidazole rings is 1. The van der Waals surface area contributed by atoms with Crippen molar-refractivity contribution >= 4 is 35.1 Å². The van der Waals surface area contributed by atoms with Crippen LogP contribution in [0.4, 0.5) is 23.7 Å². The number of carbonyl (C=O) groups is 3. The predicted molar refractivity (Wildman–Crippen MR) is 158 cm³/mol. The predicted octanol–water partition coefficient (Wildman–Crippen LogP) is 3.48. The minimum Gasteiger partial charge on any atom is -0.352 e. The molecule has 0 unspecified atom stereocenters. The molecule has 12 nitrogen and oxygen atoms in total. The number of rotatable bonds is 9. The second-order valence-corrected chi connectivity index (χ2v) is 12.5. The van der Waals surface area contributed by atoms with Gasteiger partial charge >= 0.3 is 12.2 Å². The van der Waals surface area contributed by atoms with Crippen LogP contribution in [0.3, 0.4) is 0 Å². The molecule has 4 amide bonds. The van der Waals surface area contributed by atoms with Crippen LogP contribution in [-0.2, 0) is 19.8 Å². The zero-order valence-electron chi connectivity index (χ0n) is 24.4. The highest BCUT2D eigenvalue weighted by Gasteiger charge is 2.39. The number of amides is 4. The first kappa shape index (κ1) is 30.9. The van der Waals surface area contributed by atoms with Crippen molar-refractivity contribution in [3.8, 4) is 11.3 Å². The Morgan fingerprint density at radius 2 is 1.84 bits per heavy atom. The van der Waals surface area contributed by atoms with Crippen molar-refractivity contribution < 1.29 is 27.6 Å². The van der Waals surface area contributed by atoms with Gasteiger partial charge in [0, 0.05) is 63.1 Å². The van der Waals surface area contributed by atoms with Crippen LogP contribution in [0, 0.1) is 11.8 Å². The standard InChI is InChI=1S/C29H33ClF3N9O3/c1-40-23(21-14-42(13-15-2-3-15)39-24(21)29(31,32)33)10-35-25(40)27(44)37-18-4-5-20(22(30)8-18)26(43)36-9-16-11-41(12-16)28(45)38-19-6-17(34)7-19/h4-5,8,10,14-17,19H,2-3,6-7,9,11-13,34H2,1H3,(H,36,43)(H,37,44)(H,38,45). The lowest BCUT2D eigenvalue weighted by atomic mass is 9.88. The minimum atomic E-state index is -4.68. The maximum absolute atomic E-state index is 13.8.